The molecule has 8 heteroatoms. The zero-order valence-corrected chi connectivity index (χ0v) is 14.1. The Kier molecular flexibility index (Phi) is 4.19. The summed E-state index contributed by atoms with van der Waals surface area (Å²) in [4.78, 5) is 37.4. The molecule has 1 aliphatic heterocycles. The summed E-state index contributed by atoms with van der Waals surface area (Å²) in [6.45, 7) is 4.09. The molecule has 2 amide bonds. The third kappa shape index (κ3) is 2.41. The highest BCUT2D eigenvalue weighted by Gasteiger charge is 2.33. The van der Waals surface area contributed by atoms with Gasteiger partial charge in [-0.1, -0.05) is 29.8 Å². The summed E-state index contributed by atoms with van der Waals surface area (Å²) in [6.07, 6.45) is 0. The van der Waals surface area contributed by atoms with Gasteiger partial charge in [-0.2, -0.15) is 0 Å². The van der Waals surface area contributed by atoms with Crippen LogP contribution >= 0.6 is 11.6 Å². The van der Waals surface area contributed by atoms with Crippen LogP contribution in [0.4, 0.5) is 10.6 Å². The SMILES string of the molecule is CCn1c2c(c(=O)n(CC)c1=O)C(c1ccccc1Cl)NC(=O)N2. The first kappa shape index (κ1) is 16.3. The van der Waals surface area contributed by atoms with Gasteiger partial charge in [-0.15, -0.1) is 0 Å². The molecule has 1 aromatic heterocycles. The van der Waals surface area contributed by atoms with Crippen molar-refractivity contribution in [3.8, 4) is 0 Å². The molecule has 2 aromatic rings. The van der Waals surface area contributed by atoms with Gasteiger partial charge in [0.2, 0.25) is 0 Å². The number of amides is 2. The van der Waals surface area contributed by atoms with Crippen molar-refractivity contribution < 1.29 is 4.79 Å². The number of aromatic nitrogens is 2. The standard InChI is InChI=1S/C16H17ClN4O3/c1-3-20-13-11(14(22)21(4-2)16(20)24)12(18-15(23)19-13)9-7-5-6-8-10(9)17/h5-8,12H,3-4H2,1-2H3,(H2,18,19,23). The molecule has 3 rings (SSSR count). The molecular formula is C16H17ClN4O3. The molecule has 2 N–H and O–H groups in total. The van der Waals surface area contributed by atoms with Crippen LogP contribution in [0.2, 0.25) is 5.02 Å². The molecule has 0 saturated heterocycles. The van der Waals surface area contributed by atoms with Crippen molar-refractivity contribution in [3.05, 3.63) is 61.3 Å². The number of benzene rings is 1. The van der Waals surface area contributed by atoms with Gasteiger partial charge in [0.25, 0.3) is 5.56 Å². The molecule has 1 aromatic carbocycles. The van der Waals surface area contributed by atoms with E-state index in [1.165, 1.54) is 4.57 Å². The minimum atomic E-state index is -0.717. The number of hydrogen-bond donors (Lipinski definition) is 2. The third-order valence-corrected chi connectivity index (χ3v) is 4.45. The fourth-order valence-electron chi connectivity index (χ4n) is 2.98. The van der Waals surface area contributed by atoms with E-state index in [0.29, 0.717) is 22.7 Å². The topological polar surface area (TPSA) is 85.1 Å². The number of hydrogen-bond acceptors (Lipinski definition) is 3. The van der Waals surface area contributed by atoms with Crippen LogP contribution < -0.4 is 21.9 Å². The molecule has 0 spiro atoms. The van der Waals surface area contributed by atoms with Crippen molar-refractivity contribution in [3.63, 3.8) is 0 Å². The largest absolute Gasteiger partial charge is 0.332 e. The van der Waals surface area contributed by atoms with Gasteiger partial charge < -0.3 is 5.32 Å². The second kappa shape index (κ2) is 6.16. The van der Waals surface area contributed by atoms with Crippen LogP contribution in [0.15, 0.2) is 33.9 Å². The summed E-state index contributed by atoms with van der Waals surface area (Å²) in [6, 6.07) is 5.79. The van der Waals surface area contributed by atoms with Crippen molar-refractivity contribution in [2.75, 3.05) is 5.32 Å². The van der Waals surface area contributed by atoms with Crippen molar-refractivity contribution in [1.82, 2.24) is 14.5 Å². The van der Waals surface area contributed by atoms with E-state index in [-0.39, 0.29) is 12.4 Å². The smallest absolute Gasteiger partial charge is 0.327 e. The molecular weight excluding hydrogens is 332 g/mol. The molecule has 0 fully saturated rings. The van der Waals surface area contributed by atoms with E-state index in [4.69, 9.17) is 11.6 Å². The molecule has 1 unspecified atom stereocenters. The minimum absolute atomic E-state index is 0.228. The maximum atomic E-state index is 12.9. The average molecular weight is 349 g/mol. The van der Waals surface area contributed by atoms with Crippen molar-refractivity contribution >= 4 is 23.4 Å². The highest BCUT2D eigenvalue weighted by Crippen LogP contribution is 2.32. The zero-order chi connectivity index (χ0) is 17.4. The number of urea groups is 1. The summed E-state index contributed by atoms with van der Waals surface area (Å²) in [5.74, 6) is 0.228. The quantitative estimate of drug-likeness (QED) is 0.888. The minimum Gasteiger partial charge on any atom is -0.327 e. The van der Waals surface area contributed by atoms with E-state index in [2.05, 4.69) is 10.6 Å². The van der Waals surface area contributed by atoms with Gasteiger partial charge >= 0.3 is 11.7 Å². The number of anilines is 1. The molecule has 1 aliphatic rings. The molecule has 126 valence electrons. The van der Waals surface area contributed by atoms with Crippen LogP contribution in [0, 0.1) is 0 Å². The second-order valence-corrected chi connectivity index (χ2v) is 5.80. The number of nitrogens with zero attached hydrogens (tertiary/aromatic N) is 2. The first-order chi connectivity index (χ1) is 11.5. The fourth-order valence-corrected chi connectivity index (χ4v) is 3.22. The van der Waals surface area contributed by atoms with Gasteiger partial charge in [0.15, 0.2) is 0 Å². The van der Waals surface area contributed by atoms with Gasteiger partial charge in [-0.3, -0.25) is 19.2 Å². The summed E-state index contributed by atoms with van der Waals surface area (Å²) < 4.78 is 2.55. The Morgan fingerprint density at radius 2 is 1.75 bits per heavy atom. The van der Waals surface area contributed by atoms with Gasteiger partial charge in [-0.05, 0) is 25.5 Å². The number of halogens is 1. The number of fused-ring (bicyclic) bond motifs is 1. The first-order valence-electron chi connectivity index (χ1n) is 7.69. The Hall–Kier alpha value is -2.54. The van der Waals surface area contributed by atoms with E-state index in [1.54, 1.807) is 38.1 Å². The normalized spacial score (nSPS) is 16.3. The lowest BCUT2D eigenvalue weighted by atomic mass is 9.98. The van der Waals surface area contributed by atoms with E-state index in [0.717, 1.165) is 4.57 Å². The van der Waals surface area contributed by atoms with Crippen LogP contribution in [0.5, 0.6) is 0 Å². The molecule has 2 heterocycles. The van der Waals surface area contributed by atoms with Crippen LogP contribution in [-0.4, -0.2) is 15.2 Å². The van der Waals surface area contributed by atoms with Crippen molar-refractivity contribution in [2.45, 2.75) is 33.0 Å². The Balaban J connectivity index is 2.38. The van der Waals surface area contributed by atoms with E-state index in [1.807, 2.05) is 0 Å². The number of nitrogens with one attached hydrogen (secondary N) is 2. The highest BCUT2D eigenvalue weighted by molar-refractivity contribution is 6.31. The van der Waals surface area contributed by atoms with Gasteiger partial charge in [0.05, 0.1) is 11.6 Å². The summed E-state index contributed by atoms with van der Waals surface area (Å²) in [7, 11) is 0. The van der Waals surface area contributed by atoms with Crippen molar-refractivity contribution in [1.29, 1.82) is 0 Å². The molecule has 0 saturated carbocycles. The third-order valence-electron chi connectivity index (χ3n) is 4.11. The van der Waals surface area contributed by atoms with Crippen molar-refractivity contribution in [2.24, 2.45) is 0 Å². The summed E-state index contributed by atoms with van der Waals surface area (Å²) in [5.41, 5.74) is 0.0470. The fraction of sp³-hybridized carbons (Fsp3) is 0.312. The zero-order valence-electron chi connectivity index (χ0n) is 13.3. The molecule has 0 bridgehead atoms. The number of carbonyl (C=O) groups is 1. The second-order valence-electron chi connectivity index (χ2n) is 5.39. The van der Waals surface area contributed by atoms with Gasteiger partial charge in [0.1, 0.15) is 5.82 Å². The average Bonchev–Trinajstić information content (AvgIpc) is 2.55. The predicted molar refractivity (Wildman–Crippen MR) is 91.8 cm³/mol. The highest BCUT2D eigenvalue weighted by atomic mass is 35.5. The molecule has 24 heavy (non-hydrogen) atoms. The first-order valence-corrected chi connectivity index (χ1v) is 8.06. The lowest BCUT2D eigenvalue weighted by molar-refractivity contribution is 0.248. The Bertz CT molecular complexity index is 932. The van der Waals surface area contributed by atoms with Gasteiger partial charge in [-0.25, -0.2) is 9.59 Å². The molecule has 7 nitrogen and oxygen atoms in total. The number of carbonyl (C=O) groups excluding carboxylic acids is 1. The van der Waals surface area contributed by atoms with Crippen LogP contribution in [0.25, 0.3) is 0 Å². The van der Waals surface area contributed by atoms with Gasteiger partial charge in [0, 0.05) is 18.1 Å². The van der Waals surface area contributed by atoms with Crippen LogP contribution in [0.1, 0.15) is 31.0 Å². The Labute approximate surface area is 142 Å². The molecule has 1 atom stereocenters. The Morgan fingerprint density at radius 1 is 1.08 bits per heavy atom. The number of rotatable bonds is 3. The van der Waals surface area contributed by atoms with E-state index >= 15 is 0 Å². The lowest BCUT2D eigenvalue weighted by Crippen LogP contribution is -2.50. The Morgan fingerprint density at radius 3 is 2.38 bits per heavy atom. The summed E-state index contributed by atoms with van der Waals surface area (Å²) in [5, 5.41) is 5.75. The maximum absolute atomic E-state index is 12.9. The lowest BCUT2D eigenvalue weighted by Gasteiger charge is -2.29. The van der Waals surface area contributed by atoms with E-state index in [9.17, 15) is 14.4 Å². The maximum Gasteiger partial charge on any atom is 0.332 e. The monoisotopic (exact) mass is 348 g/mol. The van der Waals surface area contributed by atoms with Crippen LogP contribution in [0.3, 0.4) is 0 Å². The predicted octanol–water partition coefficient (Wildman–Crippen LogP) is 1.93. The molecule has 0 radical (unpaired) electrons. The summed E-state index contributed by atoms with van der Waals surface area (Å²) >= 11 is 6.25. The van der Waals surface area contributed by atoms with Crippen LogP contribution in [-0.2, 0) is 13.1 Å². The molecule has 0 aliphatic carbocycles. The van der Waals surface area contributed by atoms with E-state index < -0.39 is 23.3 Å².